The molecule has 0 aliphatic carbocycles. The van der Waals surface area contributed by atoms with E-state index in [0.29, 0.717) is 0 Å². The molecule has 6 heteroatoms. The van der Waals surface area contributed by atoms with E-state index < -0.39 is 5.09 Å². The van der Waals surface area contributed by atoms with Crippen molar-refractivity contribution in [2.24, 2.45) is 0 Å². The molecule has 0 saturated carbocycles. The standard InChI is InChI=1S/Al.NO3.H2O/c;2-1(3)4;/h;;1H2/q+3;-1;/p-1. The second-order valence-corrected chi connectivity index (χ2v) is 0.224. The quantitative estimate of drug-likeness (QED) is 0.229. The fourth-order valence-electron chi connectivity index (χ4n) is 0. The van der Waals surface area contributed by atoms with Crippen LogP contribution in [-0.4, -0.2) is 27.9 Å². The molecule has 0 amide bonds. The predicted molar refractivity (Wildman–Crippen MR) is 18.1 cm³/mol. The third-order valence-electron chi connectivity index (χ3n) is 0. The van der Waals surface area contributed by atoms with Gasteiger partial charge >= 0.3 is 17.4 Å². The van der Waals surface area contributed by atoms with Crippen molar-refractivity contribution in [1.82, 2.24) is 0 Å². The van der Waals surface area contributed by atoms with Crippen molar-refractivity contribution in [3.63, 3.8) is 0 Å². The molecule has 1 N–H and O–H groups in total. The summed E-state index contributed by atoms with van der Waals surface area (Å²) in [6.07, 6.45) is 0. The van der Waals surface area contributed by atoms with Crippen LogP contribution < -0.4 is 0 Å². The van der Waals surface area contributed by atoms with Gasteiger partial charge in [-0.05, 0) is 0 Å². The van der Waals surface area contributed by atoms with Gasteiger partial charge in [-0.1, -0.05) is 0 Å². The third kappa shape index (κ3) is 283. The maximum absolute atomic E-state index is 8.25. The largest absolute Gasteiger partial charge is 3.00 e. The summed E-state index contributed by atoms with van der Waals surface area (Å²) < 4.78 is 0. The summed E-state index contributed by atoms with van der Waals surface area (Å²) in [7, 11) is 0. The number of rotatable bonds is 0. The van der Waals surface area contributed by atoms with E-state index in [1.165, 1.54) is 0 Å². The normalized spacial score (nSPS) is 4.00. The third-order valence-corrected chi connectivity index (χ3v) is 0. The monoisotopic (exact) mass is 106 g/mol. The van der Waals surface area contributed by atoms with E-state index in [9.17, 15) is 0 Å². The van der Waals surface area contributed by atoms with Gasteiger partial charge < -0.3 is 20.8 Å². The van der Waals surface area contributed by atoms with Crippen LogP contribution in [0.1, 0.15) is 0 Å². The molecule has 0 unspecified atom stereocenters. The van der Waals surface area contributed by atoms with Crippen molar-refractivity contribution in [2.75, 3.05) is 0 Å². The first-order valence-electron chi connectivity index (χ1n) is 0.548. The molecule has 32 valence electrons. The minimum absolute atomic E-state index is 0. The minimum Gasteiger partial charge on any atom is -0.870 e. The van der Waals surface area contributed by atoms with E-state index in [1.54, 1.807) is 0 Å². The number of hydrogen-bond donors (Lipinski definition) is 0. The van der Waals surface area contributed by atoms with Crippen LogP contribution in [0.4, 0.5) is 0 Å². The average molecular weight is 106 g/mol. The van der Waals surface area contributed by atoms with Crippen LogP contribution in [0.3, 0.4) is 0 Å². The van der Waals surface area contributed by atoms with Gasteiger partial charge in [0.1, 0.15) is 0 Å². The topological polar surface area (TPSA) is 96.2 Å². The SMILES string of the molecule is O=[N+]([O-])[O-].[Al+3].[OH-]. The Labute approximate surface area is 44.1 Å². The van der Waals surface area contributed by atoms with Crippen LogP contribution in [0.25, 0.3) is 0 Å². The zero-order valence-corrected chi connectivity index (χ0v) is 3.85. The molecule has 0 fully saturated rings. The molecule has 0 rings (SSSR count). The molecule has 0 aromatic heterocycles. The van der Waals surface area contributed by atoms with Gasteiger partial charge in [-0.3, -0.25) is 0 Å². The van der Waals surface area contributed by atoms with Crippen LogP contribution >= 0.6 is 0 Å². The van der Waals surface area contributed by atoms with Gasteiger partial charge in [0.25, 0.3) is 0 Å². The van der Waals surface area contributed by atoms with Gasteiger partial charge in [0.15, 0.2) is 0 Å². The fraction of sp³-hybridized carbons (Fsp3) is 0. The van der Waals surface area contributed by atoms with E-state index in [4.69, 9.17) is 15.3 Å². The van der Waals surface area contributed by atoms with Gasteiger partial charge in [0.2, 0.25) is 0 Å². The summed E-state index contributed by atoms with van der Waals surface area (Å²) in [6.45, 7) is 0. The van der Waals surface area contributed by atoms with Crippen LogP contribution in [0, 0.1) is 15.3 Å². The summed E-state index contributed by atoms with van der Waals surface area (Å²) in [4.78, 5) is 8.25. The molecule has 0 atom stereocenters. The fourth-order valence-corrected chi connectivity index (χ4v) is 0. The summed E-state index contributed by atoms with van der Waals surface area (Å²) >= 11 is 0. The summed E-state index contributed by atoms with van der Waals surface area (Å²) in [6, 6.07) is 0. The molecule has 0 aromatic carbocycles. The smallest absolute Gasteiger partial charge is 0.870 e. The first-order valence-corrected chi connectivity index (χ1v) is 0.548. The molecule has 6 heavy (non-hydrogen) atoms. The van der Waals surface area contributed by atoms with E-state index in [-0.39, 0.29) is 22.8 Å². The molecular formula is HAlNO4+. The zero-order chi connectivity index (χ0) is 3.58. The maximum Gasteiger partial charge on any atom is 3.00 e. The Bertz CT molecular complexity index is 30.5. The van der Waals surface area contributed by atoms with Crippen LogP contribution in [-0.2, 0) is 0 Å². The Hall–Kier alpha value is -0.308. The van der Waals surface area contributed by atoms with E-state index >= 15 is 0 Å². The Balaban J connectivity index is -0.0000000450. The number of nitrogens with zero attached hydrogens (tertiary/aromatic N) is 1. The first kappa shape index (κ1) is 17.3. The molecule has 0 heterocycles. The van der Waals surface area contributed by atoms with E-state index in [0.717, 1.165) is 0 Å². The number of hydrogen-bond acceptors (Lipinski definition) is 4. The van der Waals surface area contributed by atoms with Crippen LogP contribution in [0.15, 0.2) is 0 Å². The van der Waals surface area contributed by atoms with E-state index in [2.05, 4.69) is 0 Å². The first-order chi connectivity index (χ1) is 1.73. The molecule has 0 aromatic rings. The average Bonchev–Trinajstić information content (AvgIpc) is 0.811. The molecule has 0 aliphatic heterocycles. The summed E-state index contributed by atoms with van der Waals surface area (Å²) in [5, 5.41) is 14.8. The Morgan fingerprint density at radius 2 is 1.33 bits per heavy atom. The van der Waals surface area contributed by atoms with Crippen molar-refractivity contribution in [3.8, 4) is 0 Å². The zero-order valence-electron chi connectivity index (χ0n) is 2.70. The van der Waals surface area contributed by atoms with Crippen LogP contribution in [0.2, 0.25) is 0 Å². The predicted octanol–water partition coefficient (Wildman–Crippen LogP) is -0.797. The Morgan fingerprint density at radius 1 is 1.33 bits per heavy atom. The maximum atomic E-state index is 8.25. The van der Waals surface area contributed by atoms with Crippen LogP contribution in [0.5, 0.6) is 0 Å². The van der Waals surface area contributed by atoms with Crippen molar-refractivity contribution in [2.45, 2.75) is 0 Å². The van der Waals surface area contributed by atoms with Crippen molar-refractivity contribution in [3.05, 3.63) is 15.3 Å². The molecule has 0 radical (unpaired) electrons. The van der Waals surface area contributed by atoms with Gasteiger partial charge in [-0.15, -0.1) is 0 Å². The van der Waals surface area contributed by atoms with Gasteiger partial charge in [-0.2, -0.15) is 0 Å². The molecular weight excluding hydrogens is 105 g/mol. The molecule has 0 aliphatic rings. The van der Waals surface area contributed by atoms with Crippen molar-refractivity contribution < 1.29 is 10.6 Å². The molecule has 0 spiro atoms. The van der Waals surface area contributed by atoms with Crippen molar-refractivity contribution >= 4 is 17.4 Å². The Morgan fingerprint density at radius 3 is 1.33 bits per heavy atom. The second kappa shape index (κ2) is 8.83. The summed E-state index contributed by atoms with van der Waals surface area (Å²) in [5.74, 6) is 0. The van der Waals surface area contributed by atoms with E-state index in [1.807, 2.05) is 0 Å². The van der Waals surface area contributed by atoms with Crippen molar-refractivity contribution in [1.29, 1.82) is 0 Å². The Kier molecular flexibility index (Phi) is 25.4. The minimum atomic E-state index is -1.75. The molecule has 5 nitrogen and oxygen atoms in total. The molecule has 0 bridgehead atoms. The molecule has 0 saturated heterocycles. The van der Waals surface area contributed by atoms with Gasteiger partial charge in [0.05, 0.1) is 5.09 Å². The summed E-state index contributed by atoms with van der Waals surface area (Å²) in [5.41, 5.74) is 0. The van der Waals surface area contributed by atoms with Gasteiger partial charge in [0, 0.05) is 0 Å². The second-order valence-electron chi connectivity index (χ2n) is 0.224. The van der Waals surface area contributed by atoms with Gasteiger partial charge in [-0.25, -0.2) is 0 Å².